The molecule has 0 aliphatic carbocycles. The lowest BCUT2D eigenvalue weighted by Crippen LogP contribution is -2.49. The number of hydrogen-bond donors (Lipinski definition) is 1. The van der Waals surface area contributed by atoms with E-state index in [1.807, 2.05) is 0 Å². The first kappa shape index (κ1) is 34.6. The SMILES string of the molecule is C#Cc1c(F)ccc2cc(O)cc(-c3c(F)cc4c(N5CCCCCN5C(=O)OC(C)(C)C)nc(OC[C@@]56CCCN5C[C@H](F)C6)nc4c3F)c12. The van der Waals surface area contributed by atoms with E-state index in [2.05, 4.69) is 20.8 Å². The Morgan fingerprint density at radius 3 is 2.61 bits per heavy atom. The number of carbonyl (C=O) groups is 1. The van der Waals surface area contributed by atoms with E-state index in [1.54, 1.807) is 25.8 Å². The van der Waals surface area contributed by atoms with Gasteiger partial charge in [0.05, 0.1) is 22.1 Å². The molecule has 0 unspecified atom stereocenters. The third-order valence-corrected chi connectivity index (χ3v) is 9.92. The molecule has 3 saturated heterocycles. The summed E-state index contributed by atoms with van der Waals surface area (Å²) in [7, 11) is 0. The number of ether oxygens (including phenoxy) is 2. The highest BCUT2D eigenvalue weighted by atomic mass is 19.1. The third-order valence-electron chi connectivity index (χ3n) is 9.92. The van der Waals surface area contributed by atoms with E-state index in [0.29, 0.717) is 25.8 Å². The van der Waals surface area contributed by atoms with Crippen molar-refractivity contribution in [3.05, 3.63) is 53.3 Å². The van der Waals surface area contributed by atoms with Gasteiger partial charge in [-0.15, -0.1) is 6.42 Å². The van der Waals surface area contributed by atoms with E-state index in [1.165, 1.54) is 17.1 Å². The molecule has 1 N–H and O–H groups in total. The molecule has 4 aromatic rings. The zero-order valence-electron chi connectivity index (χ0n) is 28.7. The van der Waals surface area contributed by atoms with Gasteiger partial charge < -0.3 is 14.6 Å². The summed E-state index contributed by atoms with van der Waals surface area (Å²) < 4.78 is 75.0. The predicted molar refractivity (Wildman–Crippen MR) is 185 cm³/mol. The molecular weight excluding hydrogens is 666 g/mol. The lowest BCUT2D eigenvalue weighted by molar-refractivity contribution is 0.0232. The fourth-order valence-electron chi connectivity index (χ4n) is 7.74. The normalized spacial score (nSPS) is 21.2. The van der Waals surface area contributed by atoms with Crippen molar-refractivity contribution < 1.29 is 36.9 Å². The van der Waals surface area contributed by atoms with Gasteiger partial charge in [0.25, 0.3) is 0 Å². The van der Waals surface area contributed by atoms with Crippen LogP contribution in [0.2, 0.25) is 0 Å². The van der Waals surface area contributed by atoms with Gasteiger partial charge in [-0.3, -0.25) is 9.91 Å². The monoisotopic (exact) mass is 705 g/mol. The van der Waals surface area contributed by atoms with E-state index >= 15 is 8.78 Å². The minimum absolute atomic E-state index is 0.0128. The maximum absolute atomic E-state index is 17.1. The molecule has 2 atom stereocenters. The summed E-state index contributed by atoms with van der Waals surface area (Å²) in [6.45, 7) is 6.79. The predicted octanol–water partition coefficient (Wildman–Crippen LogP) is 7.65. The zero-order chi connectivity index (χ0) is 36.2. The number of hydrogen-bond acceptors (Lipinski definition) is 8. The van der Waals surface area contributed by atoms with Crippen molar-refractivity contribution in [2.45, 2.75) is 76.6 Å². The topological polar surface area (TPSA) is 91.3 Å². The summed E-state index contributed by atoms with van der Waals surface area (Å²) in [5.41, 5.74) is -2.75. The number of alkyl halides is 1. The van der Waals surface area contributed by atoms with Crippen LogP contribution >= 0.6 is 0 Å². The molecule has 4 heterocycles. The maximum atomic E-state index is 17.1. The summed E-state index contributed by atoms with van der Waals surface area (Å²) in [5.74, 6) is -1.00. The average Bonchev–Trinajstić information content (AvgIpc) is 3.46. The highest BCUT2D eigenvalue weighted by Gasteiger charge is 2.49. The Morgan fingerprint density at radius 1 is 1.06 bits per heavy atom. The van der Waals surface area contributed by atoms with Crippen molar-refractivity contribution in [2.24, 2.45) is 0 Å². The van der Waals surface area contributed by atoms with Crippen LogP contribution in [0, 0.1) is 29.8 Å². The quantitative estimate of drug-likeness (QED) is 0.167. The Labute approximate surface area is 293 Å². The largest absolute Gasteiger partial charge is 0.508 e. The van der Waals surface area contributed by atoms with Gasteiger partial charge in [0.1, 0.15) is 41.3 Å². The maximum Gasteiger partial charge on any atom is 0.429 e. The van der Waals surface area contributed by atoms with Crippen LogP contribution in [-0.2, 0) is 4.74 Å². The van der Waals surface area contributed by atoms with Gasteiger partial charge in [-0.25, -0.2) is 27.4 Å². The molecule has 0 radical (unpaired) electrons. The number of hydrazine groups is 1. The number of halogens is 4. The number of carbonyl (C=O) groups excluding carboxylic acids is 1. The van der Waals surface area contributed by atoms with Gasteiger partial charge >= 0.3 is 12.1 Å². The van der Waals surface area contributed by atoms with Gasteiger partial charge in [-0.2, -0.15) is 9.97 Å². The molecule has 9 nitrogen and oxygen atoms in total. The van der Waals surface area contributed by atoms with Crippen LogP contribution in [0.15, 0.2) is 30.3 Å². The van der Waals surface area contributed by atoms with Gasteiger partial charge in [0, 0.05) is 37.0 Å². The number of anilines is 1. The Kier molecular flexibility index (Phi) is 8.86. The Hall–Kier alpha value is -4.83. The van der Waals surface area contributed by atoms with Crippen molar-refractivity contribution >= 4 is 33.6 Å². The van der Waals surface area contributed by atoms with Gasteiger partial charge in [0.2, 0.25) is 0 Å². The number of terminal acetylenes is 1. The molecule has 3 aromatic carbocycles. The van der Waals surface area contributed by atoms with Crippen LogP contribution in [0.1, 0.15) is 64.9 Å². The number of benzene rings is 3. The van der Waals surface area contributed by atoms with Crippen LogP contribution in [0.5, 0.6) is 11.8 Å². The van der Waals surface area contributed by atoms with Crippen LogP contribution in [-0.4, -0.2) is 81.2 Å². The molecular formula is C38H39F4N5O4. The number of nitrogens with zero attached hydrogens (tertiary/aromatic N) is 5. The third kappa shape index (κ3) is 6.35. The van der Waals surface area contributed by atoms with Gasteiger partial charge in [0.15, 0.2) is 11.6 Å². The first-order chi connectivity index (χ1) is 24.3. The molecule has 0 saturated carbocycles. The molecule has 268 valence electrons. The van der Waals surface area contributed by atoms with Crippen molar-refractivity contribution in [3.63, 3.8) is 0 Å². The van der Waals surface area contributed by atoms with E-state index in [-0.39, 0.29) is 76.5 Å². The zero-order valence-corrected chi connectivity index (χ0v) is 28.7. The van der Waals surface area contributed by atoms with Crippen molar-refractivity contribution in [1.29, 1.82) is 0 Å². The van der Waals surface area contributed by atoms with Gasteiger partial charge in [-0.1, -0.05) is 12.0 Å². The lowest BCUT2D eigenvalue weighted by Gasteiger charge is -2.36. The fourth-order valence-corrected chi connectivity index (χ4v) is 7.74. The molecule has 0 bridgehead atoms. The molecule has 1 amide bonds. The second-order valence-electron chi connectivity index (χ2n) is 14.6. The molecule has 3 aliphatic rings. The van der Waals surface area contributed by atoms with E-state index in [9.17, 15) is 18.7 Å². The van der Waals surface area contributed by atoms with Crippen molar-refractivity contribution in [3.8, 4) is 35.2 Å². The summed E-state index contributed by atoms with van der Waals surface area (Å²) in [5, 5.41) is 13.7. The summed E-state index contributed by atoms with van der Waals surface area (Å²) in [6.07, 6.45) is 7.88. The van der Waals surface area contributed by atoms with Crippen molar-refractivity contribution in [1.82, 2.24) is 19.9 Å². The van der Waals surface area contributed by atoms with Crippen LogP contribution in [0.3, 0.4) is 0 Å². The number of aromatic nitrogens is 2. The standard InChI is InChI=1S/C38H39F4N5O4/c1-5-25-28(40)11-10-22-16-24(48)17-26(30(22)25)31-29(41)18-27-33(32(31)42)43-35(50-21-38-12-9-13-45(38)20-23(39)19-38)44-34(27)46-14-7-6-8-15-47(46)36(49)51-37(2,3)4/h1,10-11,16-18,23,48H,6-9,12-15,19-21H2,2-4H3/t23-,38+/m1/s1. The lowest BCUT2D eigenvalue weighted by atomic mass is 9.92. The van der Waals surface area contributed by atoms with Crippen LogP contribution < -0.4 is 9.75 Å². The molecule has 3 fully saturated rings. The molecule has 3 aliphatic heterocycles. The highest BCUT2D eigenvalue weighted by molar-refractivity contribution is 6.04. The Bertz CT molecular complexity index is 2080. The van der Waals surface area contributed by atoms with E-state index in [4.69, 9.17) is 15.9 Å². The van der Waals surface area contributed by atoms with Gasteiger partial charge in [-0.05, 0) is 89.1 Å². The first-order valence-electron chi connectivity index (χ1n) is 17.2. The second-order valence-corrected chi connectivity index (χ2v) is 14.6. The average molecular weight is 706 g/mol. The minimum Gasteiger partial charge on any atom is -0.508 e. The smallest absolute Gasteiger partial charge is 0.429 e. The number of amides is 1. The fraction of sp³-hybridized carbons (Fsp3) is 0.447. The Balaban J connectivity index is 1.43. The van der Waals surface area contributed by atoms with E-state index in [0.717, 1.165) is 37.6 Å². The summed E-state index contributed by atoms with van der Waals surface area (Å²) >= 11 is 0. The second kappa shape index (κ2) is 13.1. The number of fused-ring (bicyclic) bond motifs is 3. The molecule has 1 aromatic heterocycles. The first-order valence-corrected chi connectivity index (χ1v) is 17.2. The highest BCUT2D eigenvalue weighted by Crippen LogP contribution is 2.43. The summed E-state index contributed by atoms with van der Waals surface area (Å²) in [6, 6.07) is 5.73. The van der Waals surface area contributed by atoms with Crippen LogP contribution in [0.25, 0.3) is 32.8 Å². The molecule has 7 rings (SSSR count). The van der Waals surface area contributed by atoms with Crippen LogP contribution in [0.4, 0.5) is 28.2 Å². The number of rotatable bonds is 5. The van der Waals surface area contributed by atoms with E-state index < -0.39 is 46.4 Å². The number of phenolic OH excluding ortho intramolecular Hbond substituents is 1. The number of phenols is 1. The summed E-state index contributed by atoms with van der Waals surface area (Å²) in [4.78, 5) is 24.7. The number of aromatic hydroxyl groups is 1. The van der Waals surface area contributed by atoms with Crippen molar-refractivity contribution in [2.75, 3.05) is 37.8 Å². The molecule has 0 spiro atoms. The molecule has 13 heteroatoms. The Morgan fingerprint density at radius 2 is 1.84 bits per heavy atom. The molecule has 51 heavy (non-hydrogen) atoms. The minimum atomic E-state index is -1.14.